The van der Waals surface area contributed by atoms with Crippen molar-refractivity contribution < 1.29 is 80.2 Å². The number of rotatable bonds is 69. The van der Waals surface area contributed by atoms with Gasteiger partial charge in [-0.3, -0.25) is 37.3 Å². The largest absolute Gasteiger partial charge is 0.472 e. The second-order valence-corrected chi connectivity index (χ2v) is 28.3. The van der Waals surface area contributed by atoms with Gasteiger partial charge in [0, 0.05) is 25.7 Å². The summed E-state index contributed by atoms with van der Waals surface area (Å²) in [6.45, 7) is 7.15. The van der Waals surface area contributed by atoms with E-state index in [0.29, 0.717) is 25.7 Å². The van der Waals surface area contributed by atoms with Crippen LogP contribution in [0.1, 0.15) is 356 Å². The minimum Gasteiger partial charge on any atom is -0.462 e. The van der Waals surface area contributed by atoms with Crippen molar-refractivity contribution in [1.82, 2.24) is 0 Å². The van der Waals surface area contributed by atoms with Gasteiger partial charge in [0.2, 0.25) is 0 Å². The van der Waals surface area contributed by atoms with Crippen molar-refractivity contribution in [1.29, 1.82) is 0 Å². The molecule has 0 amide bonds. The molecule has 0 aliphatic carbocycles. The molecule has 0 aliphatic rings. The Hall–Kier alpha value is -1.94. The van der Waals surface area contributed by atoms with E-state index in [4.69, 9.17) is 37.0 Å². The Bertz CT molecular complexity index is 1700. The van der Waals surface area contributed by atoms with E-state index >= 15 is 0 Å². The molecule has 0 aromatic carbocycles. The Morgan fingerprint density at radius 1 is 0.307 bits per heavy atom. The molecule has 0 heterocycles. The molecule has 19 heteroatoms. The number of hydrogen-bond acceptors (Lipinski definition) is 15. The van der Waals surface area contributed by atoms with Crippen LogP contribution in [-0.2, 0) is 65.4 Å². The van der Waals surface area contributed by atoms with Crippen molar-refractivity contribution in [3.63, 3.8) is 0 Å². The summed E-state index contributed by atoms with van der Waals surface area (Å²) in [6.07, 6.45) is 49.0. The molecule has 2 unspecified atom stereocenters. The number of aliphatic hydroxyl groups excluding tert-OH is 1. The zero-order valence-electron chi connectivity index (χ0n) is 56.9. The van der Waals surface area contributed by atoms with Crippen LogP contribution in [0.2, 0.25) is 0 Å². The molecule has 0 saturated heterocycles. The van der Waals surface area contributed by atoms with E-state index in [2.05, 4.69) is 34.6 Å². The fourth-order valence-corrected chi connectivity index (χ4v) is 12.0. The predicted octanol–water partition coefficient (Wildman–Crippen LogP) is 19.7. The lowest BCUT2D eigenvalue weighted by Crippen LogP contribution is -2.30. The quantitative estimate of drug-likeness (QED) is 0.0222. The molecular formula is C69H134O17P2. The van der Waals surface area contributed by atoms with Crippen LogP contribution >= 0.6 is 15.6 Å². The molecule has 522 valence electrons. The molecule has 0 aliphatic heterocycles. The standard InChI is InChI=1S/C69H134O17P2/c1-6-9-12-15-17-19-21-22-23-24-25-26-27-28-31-36-40-45-50-55-69(74)86-65(59-80-67(72)53-48-43-38-35-32-29-30-33-37-42-46-51-62(4)5)61-84-88(77,78)82-57-63(70)56-81-87(75,76)83-60-64(58-79-66(71)52-47-41-14-11-8-3)85-68(73)54-49-44-39-34-20-18-16-13-10-7-2/h62-65,70H,6-61H2,1-5H3,(H,75,76)(H,77,78)/t63-,64+,65+/m0/s1. The first-order valence-corrected chi connectivity index (χ1v) is 39.1. The molecule has 0 saturated carbocycles. The Kier molecular flexibility index (Phi) is 61.1. The van der Waals surface area contributed by atoms with Gasteiger partial charge in [-0.2, -0.15) is 0 Å². The number of carbonyl (C=O) groups excluding carboxylic acids is 4. The summed E-state index contributed by atoms with van der Waals surface area (Å²) in [6, 6.07) is 0. The van der Waals surface area contributed by atoms with E-state index in [1.165, 1.54) is 173 Å². The van der Waals surface area contributed by atoms with Crippen molar-refractivity contribution in [2.75, 3.05) is 39.6 Å². The van der Waals surface area contributed by atoms with E-state index in [1.807, 2.05) is 0 Å². The van der Waals surface area contributed by atoms with E-state index in [9.17, 15) is 43.2 Å². The lowest BCUT2D eigenvalue weighted by Gasteiger charge is -2.21. The van der Waals surface area contributed by atoms with Gasteiger partial charge < -0.3 is 33.8 Å². The zero-order chi connectivity index (χ0) is 64.9. The van der Waals surface area contributed by atoms with Gasteiger partial charge in [0.05, 0.1) is 26.4 Å². The highest BCUT2D eigenvalue weighted by Gasteiger charge is 2.30. The number of ether oxygens (including phenoxy) is 4. The highest BCUT2D eigenvalue weighted by molar-refractivity contribution is 7.47. The molecular weight excluding hydrogens is 1160 g/mol. The number of unbranched alkanes of at least 4 members (excludes halogenated alkanes) is 41. The van der Waals surface area contributed by atoms with Crippen molar-refractivity contribution in [2.45, 2.75) is 374 Å². The monoisotopic (exact) mass is 1300 g/mol. The van der Waals surface area contributed by atoms with E-state index in [0.717, 1.165) is 102 Å². The number of carbonyl (C=O) groups is 4. The summed E-state index contributed by atoms with van der Waals surface area (Å²) in [5.41, 5.74) is 0. The van der Waals surface area contributed by atoms with Gasteiger partial charge >= 0.3 is 39.5 Å². The first kappa shape index (κ1) is 86.1. The number of phosphoric ester groups is 2. The van der Waals surface area contributed by atoms with Gasteiger partial charge in [-0.1, -0.05) is 304 Å². The number of esters is 4. The minimum atomic E-state index is -4.95. The second kappa shape index (κ2) is 62.5. The molecule has 17 nitrogen and oxygen atoms in total. The first-order valence-electron chi connectivity index (χ1n) is 36.1. The van der Waals surface area contributed by atoms with Crippen LogP contribution < -0.4 is 0 Å². The fourth-order valence-electron chi connectivity index (χ4n) is 10.5. The Morgan fingerprint density at radius 2 is 0.523 bits per heavy atom. The van der Waals surface area contributed by atoms with Crippen molar-refractivity contribution in [2.24, 2.45) is 5.92 Å². The average Bonchev–Trinajstić information content (AvgIpc) is 3.59. The van der Waals surface area contributed by atoms with Crippen molar-refractivity contribution in [3.8, 4) is 0 Å². The van der Waals surface area contributed by atoms with Gasteiger partial charge in [0.1, 0.15) is 19.3 Å². The summed E-state index contributed by atoms with van der Waals surface area (Å²) in [7, 11) is -9.88. The van der Waals surface area contributed by atoms with Crippen LogP contribution in [0.3, 0.4) is 0 Å². The summed E-state index contributed by atoms with van der Waals surface area (Å²) >= 11 is 0. The van der Waals surface area contributed by atoms with Crippen LogP contribution in [0.15, 0.2) is 0 Å². The average molecular weight is 1300 g/mol. The molecule has 0 bridgehead atoms. The van der Waals surface area contributed by atoms with Crippen LogP contribution in [0.4, 0.5) is 0 Å². The Labute approximate surface area is 537 Å². The van der Waals surface area contributed by atoms with Gasteiger partial charge in [-0.15, -0.1) is 0 Å². The third-order valence-electron chi connectivity index (χ3n) is 16.0. The highest BCUT2D eigenvalue weighted by Crippen LogP contribution is 2.45. The smallest absolute Gasteiger partial charge is 0.462 e. The van der Waals surface area contributed by atoms with Gasteiger partial charge in [-0.05, 0) is 31.6 Å². The molecule has 0 radical (unpaired) electrons. The van der Waals surface area contributed by atoms with Gasteiger partial charge in [0.25, 0.3) is 0 Å². The fraction of sp³-hybridized carbons (Fsp3) is 0.942. The van der Waals surface area contributed by atoms with E-state index in [1.54, 1.807) is 0 Å². The van der Waals surface area contributed by atoms with Crippen LogP contribution in [0, 0.1) is 5.92 Å². The zero-order valence-corrected chi connectivity index (χ0v) is 58.6. The van der Waals surface area contributed by atoms with Crippen LogP contribution in [-0.4, -0.2) is 96.7 Å². The third-order valence-corrected chi connectivity index (χ3v) is 17.9. The molecule has 0 aromatic heterocycles. The summed E-state index contributed by atoms with van der Waals surface area (Å²) in [5.74, 6) is -1.36. The molecule has 0 fully saturated rings. The maximum absolute atomic E-state index is 13.0. The van der Waals surface area contributed by atoms with Gasteiger partial charge in [-0.25, -0.2) is 9.13 Å². The highest BCUT2D eigenvalue weighted by atomic mass is 31.2. The molecule has 5 atom stereocenters. The van der Waals surface area contributed by atoms with E-state index in [-0.39, 0.29) is 25.7 Å². The number of hydrogen-bond donors (Lipinski definition) is 3. The lowest BCUT2D eigenvalue weighted by molar-refractivity contribution is -0.161. The first-order chi connectivity index (χ1) is 42.5. The lowest BCUT2D eigenvalue weighted by atomic mass is 10.0. The number of phosphoric acid groups is 2. The molecule has 88 heavy (non-hydrogen) atoms. The molecule has 0 aromatic rings. The normalized spacial score (nSPS) is 14.1. The number of aliphatic hydroxyl groups is 1. The summed E-state index contributed by atoms with van der Waals surface area (Å²) in [5, 5.41) is 10.5. The third kappa shape index (κ3) is 62.8. The summed E-state index contributed by atoms with van der Waals surface area (Å²) in [4.78, 5) is 72.2. The van der Waals surface area contributed by atoms with Crippen molar-refractivity contribution >= 4 is 39.5 Å². The maximum atomic E-state index is 13.0. The predicted molar refractivity (Wildman–Crippen MR) is 354 cm³/mol. The molecule has 0 spiro atoms. The molecule has 0 rings (SSSR count). The second-order valence-electron chi connectivity index (χ2n) is 25.4. The summed E-state index contributed by atoms with van der Waals surface area (Å²) < 4.78 is 68.0. The van der Waals surface area contributed by atoms with E-state index < -0.39 is 97.5 Å². The minimum absolute atomic E-state index is 0.106. The SMILES string of the molecule is CCCCCCCCCCCCCCCCCCCCCC(=O)O[C@H](COC(=O)CCCCCCCCCCCCCC(C)C)COP(=O)(O)OC[C@@H](O)COP(=O)(O)OC[C@@H](COC(=O)CCCCCCC)OC(=O)CCCCCCCCCCCC. The van der Waals surface area contributed by atoms with Crippen LogP contribution in [0.5, 0.6) is 0 Å². The molecule has 3 N–H and O–H groups in total. The van der Waals surface area contributed by atoms with Crippen LogP contribution in [0.25, 0.3) is 0 Å². The topological polar surface area (TPSA) is 237 Å². The van der Waals surface area contributed by atoms with Gasteiger partial charge in [0.15, 0.2) is 12.2 Å². The maximum Gasteiger partial charge on any atom is 0.472 e. The van der Waals surface area contributed by atoms with Crippen molar-refractivity contribution in [3.05, 3.63) is 0 Å². The Balaban J connectivity index is 5.13. The Morgan fingerprint density at radius 3 is 0.773 bits per heavy atom.